The predicted octanol–water partition coefficient (Wildman–Crippen LogP) is 4.46. The molecule has 2 aromatic carbocycles. The average molecular weight is 513 g/mol. The molecule has 1 fully saturated rings. The Kier molecular flexibility index (Phi) is 7.37. The lowest BCUT2D eigenvalue weighted by Crippen LogP contribution is -2.51. The van der Waals surface area contributed by atoms with Crippen molar-refractivity contribution in [3.8, 4) is 11.3 Å². The van der Waals surface area contributed by atoms with Gasteiger partial charge in [0.1, 0.15) is 0 Å². The highest BCUT2D eigenvalue weighted by molar-refractivity contribution is 6.30. The molecule has 37 heavy (non-hydrogen) atoms. The molecular formula is C28H25ClN6O2. The van der Waals surface area contributed by atoms with E-state index in [2.05, 4.69) is 20.3 Å². The molecule has 5 rings (SSSR count). The van der Waals surface area contributed by atoms with Crippen LogP contribution in [0.15, 0.2) is 85.2 Å². The predicted molar refractivity (Wildman–Crippen MR) is 143 cm³/mol. The van der Waals surface area contributed by atoms with Gasteiger partial charge in [0.2, 0.25) is 11.9 Å². The van der Waals surface area contributed by atoms with Crippen molar-refractivity contribution in [2.24, 2.45) is 0 Å². The number of anilines is 2. The van der Waals surface area contributed by atoms with E-state index in [4.69, 9.17) is 11.6 Å². The number of benzene rings is 2. The molecule has 1 aliphatic rings. The molecule has 186 valence electrons. The molecule has 2 aromatic heterocycles. The summed E-state index contributed by atoms with van der Waals surface area (Å²) in [6.45, 7) is 2.02. The van der Waals surface area contributed by atoms with Gasteiger partial charge in [-0.05, 0) is 54.6 Å². The zero-order chi connectivity index (χ0) is 25.6. The summed E-state index contributed by atoms with van der Waals surface area (Å²) in [6.07, 6.45) is 3.65. The molecule has 0 aliphatic carbocycles. The number of nitrogens with one attached hydrogen (secondary N) is 1. The zero-order valence-electron chi connectivity index (χ0n) is 20.0. The largest absolute Gasteiger partial charge is 0.339 e. The van der Waals surface area contributed by atoms with Crippen molar-refractivity contribution in [1.82, 2.24) is 24.8 Å². The summed E-state index contributed by atoms with van der Waals surface area (Å²) in [5.74, 6) is 0.436. The first-order valence-corrected chi connectivity index (χ1v) is 12.4. The molecule has 4 aromatic rings. The Bertz CT molecular complexity index is 1370. The molecule has 0 unspecified atom stereocenters. The molecule has 1 aliphatic heterocycles. The number of halogens is 1. The lowest BCUT2D eigenvalue weighted by atomic mass is 10.1. The molecule has 0 atom stereocenters. The Morgan fingerprint density at radius 1 is 0.811 bits per heavy atom. The number of pyridine rings is 1. The van der Waals surface area contributed by atoms with Crippen molar-refractivity contribution < 1.29 is 9.59 Å². The molecule has 8 nitrogen and oxygen atoms in total. The second-order valence-electron chi connectivity index (χ2n) is 8.65. The first kappa shape index (κ1) is 24.4. The van der Waals surface area contributed by atoms with E-state index < -0.39 is 0 Å². The van der Waals surface area contributed by atoms with Gasteiger partial charge in [-0.15, -0.1) is 0 Å². The number of aromatic nitrogens is 3. The topological polar surface area (TPSA) is 91.3 Å². The summed E-state index contributed by atoms with van der Waals surface area (Å²) in [5, 5.41) is 3.86. The van der Waals surface area contributed by atoms with E-state index in [1.807, 2.05) is 60.7 Å². The van der Waals surface area contributed by atoms with Gasteiger partial charge in [-0.25, -0.2) is 9.97 Å². The number of amides is 2. The van der Waals surface area contributed by atoms with Crippen LogP contribution < -0.4 is 5.32 Å². The van der Waals surface area contributed by atoms with Crippen LogP contribution in [0.4, 0.5) is 11.6 Å². The monoisotopic (exact) mass is 512 g/mol. The Labute approximate surface area is 220 Å². The molecule has 9 heteroatoms. The minimum Gasteiger partial charge on any atom is -0.339 e. The van der Waals surface area contributed by atoms with E-state index in [1.54, 1.807) is 34.3 Å². The SMILES string of the molecule is O=C(Cc1ccccn1)N1CCN(C(=O)c2ccc(Nc3nccc(-c4ccc(Cl)cc4)n3)cc2)CC1. The number of carbonyl (C=O) groups excluding carboxylic acids is 2. The van der Waals surface area contributed by atoms with Crippen molar-refractivity contribution in [2.45, 2.75) is 6.42 Å². The van der Waals surface area contributed by atoms with Gasteiger partial charge in [0, 0.05) is 66.1 Å². The van der Waals surface area contributed by atoms with Crippen molar-refractivity contribution >= 4 is 35.1 Å². The van der Waals surface area contributed by atoms with Gasteiger partial charge in [0.15, 0.2) is 0 Å². The van der Waals surface area contributed by atoms with Crippen molar-refractivity contribution in [1.29, 1.82) is 0 Å². The fourth-order valence-electron chi connectivity index (χ4n) is 4.14. The lowest BCUT2D eigenvalue weighted by Gasteiger charge is -2.34. The minimum absolute atomic E-state index is 0.0311. The van der Waals surface area contributed by atoms with Crippen LogP contribution in [0.2, 0.25) is 5.02 Å². The summed E-state index contributed by atoms with van der Waals surface area (Å²) < 4.78 is 0. The highest BCUT2D eigenvalue weighted by atomic mass is 35.5. The smallest absolute Gasteiger partial charge is 0.253 e. The van der Waals surface area contributed by atoms with Crippen LogP contribution in [-0.2, 0) is 11.2 Å². The van der Waals surface area contributed by atoms with Crippen molar-refractivity contribution in [3.05, 3.63) is 101 Å². The first-order chi connectivity index (χ1) is 18.0. The quantitative estimate of drug-likeness (QED) is 0.410. The fraction of sp³-hybridized carbons (Fsp3) is 0.179. The maximum absolute atomic E-state index is 13.0. The number of nitrogens with zero attached hydrogens (tertiary/aromatic N) is 5. The Morgan fingerprint density at radius 3 is 2.24 bits per heavy atom. The summed E-state index contributed by atoms with van der Waals surface area (Å²) in [6, 6.07) is 22.1. The highest BCUT2D eigenvalue weighted by Gasteiger charge is 2.25. The molecule has 3 heterocycles. The van der Waals surface area contributed by atoms with Crippen LogP contribution in [0.3, 0.4) is 0 Å². The van der Waals surface area contributed by atoms with Crippen LogP contribution in [0.5, 0.6) is 0 Å². The van der Waals surface area contributed by atoms with Gasteiger partial charge in [-0.1, -0.05) is 29.8 Å². The summed E-state index contributed by atoms with van der Waals surface area (Å²) in [4.78, 5) is 42.3. The normalized spacial score (nSPS) is 13.3. The van der Waals surface area contributed by atoms with Crippen molar-refractivity contribution in [3.63, 3.8) is 0 Å². The Hall–Kier alpha value is -4.30. The average Bonchev–Trinajstić information content (AvgIpc) is 2.94. The third-order valence-electron chi connectivity index (χ3n) is 6.16. The van der Waals surface area contributed by atoms with E-state index >= 15 is 0 Å². The van der Waals surface area contributed by atoms with Crippen LogP contribution in [0.25, 0.3) is 11.3 Å². The van der Waals surface area contributed by atoms with Gasteiger partial charge in [-0.2, -0.15) is 0 Å². The van der Waals surface area contributed by atoms with E-state index in [0.717, 1.165) is 22.6 Å². The molecule has 0 radical (unpaired) electrons. The van der Waals surface area contributed by atoms with Crippen LogP contribution in [-0.4, -0.2) is 62.7 Å². The number of carbonyl (C=O) groups is 2. The maximum Gasteiger partial charge on any atom is 0.253 e. The summed E-state index contributed by atoms with van der Waals surface area (Å²) >= 11 is 5.98. The van der Waals surface area contributed by atoms with Crippen LogP contribution in [0.1, 0.15) is 16.1 Å². The molecule has 1 N–H and O–H groups in total. The van der Waals surface area contributed by atoms with Crippen LogP contribution >= 0.6 is 11.6 Å². The van der Waals surface area contributed by atoms with Gasteiger partial charge < -0.3 is 15.1 Å². The summed E-state index contributed by atoms with van der Waals surface area (Å²) in [5.41, 5.74) is 3.83. The summed E-state index contributed by atoms with van der Waals surface area (Å²) in [7, 11) is 0. The number of hydrogen-bond acceptors (Lipinski definition) is 6. The van der Waals surface area contributed by atoms with Gasteiger partial charge in [-0.3, -0.25) is 14.6 Å². The van der Waals surface area contributed by atoms with Gasteiger partial charge in [0.05, 0.1) is 12.1 Å². The molecule has 0 saturated carbocycles. The van der Waals surface area contributed by atoms with Crippen LogP contribution in [0, 0.1) is 0 Å². The molecule has 2 amide bonds. The number of hydrogen-bond donors (Lipinski definition) is 1. The van der Waals surface area contributed by atoms with Gasteiger partial charge >= 0.3 is 0 Å². The fourth-order valence-corrected chi connectivity index (χ4v) is 4.26. The molecule has 1 saturated heterocycles. The Morgan fingerprint density at radius 2 is 1.54 bits per heavy atom. The van der Waals surface area contributed by atoms with Gasteiger partial charge in [0.25, 0.3) is 5.91 Å². The molecular weight excluding hydrogens is 488 g/mol. The number of rotatable bonds is 6. The lowest BCUT2D eigenvalue weighted by molar-refractivity contribution is -0.132. The third-order valence-corrected chi connectivity index (χ3v) is 6.41. The molecule has 0 bridgehead atoms. The van der Waals surface area contributed by atoms with E-state index in [-0.39, 0.29) is 18.2 Å². The van der Waals surface area contributed by atoms with E-state index in [9.17, 15) is 9.59 Å². The second-order valence-corrected chi connectivity index (χ2v) is 9.08. The van der Waals surface area contributed by atoms with E-state index in [0.29, 0.717) is 42.7 Å². The highest BCUT2D eigenvalue weighted by Crippen LogP contribution is 2.22. The Balaban J connectivity index is 1.16. The zero-order valence-corrected chi connectivity index (χ0v) is 20.8. The third kappa shape index (κ3) is 6.10. The van der Waals surface area contributed by atoms with Crippen molar-refractivity contribution in [2.75, 3.05) is 31.5 Å². The standard InChI is InChI=1S/C28H25ClN6O2/c29-22-8-4-20(5-9-22)25-12-14-31-28(33-25)32-23-10-6-21(7-11-23)27(37)35-17-15-34(16-18-35)26(36)19-24-3-1-2-13-30-24/h1-14H,15-19H2,(H,31,32,33). The first-order valence-electron chi connectivity index (χ1n) is 12.0. The minimum atomic E-state index is -0.0515. The second kappa shape index (κ2) is 11.2. The molecule has 0 spiro atoms. The van der Waals surface area contributed by atoms with E-state index in [1.165, 1.54) is 0 Å². The maximum atomic E-state index is 13.0. The number of piperazine rings is 1.